The molecule has 0 fully saturated rings. The molecule has 0 heterocycles. The lowest BCUT2D eigenvalue weighted by atomic mass is 10.2. The fourth-order valence-electron chi connectivity index (χ4n) is 3.44. The summed E-state index contributed by atoms with van der Waals surface area (Å²) in [5.41, 5.74) is 0.869. The maximum absolute atomic E-state index is 14.0. The first-order valence-corrected chi connectivity index (χ1v) is 12.4. The van der Waals surface area contributed by atoms with Gasteiger partial charge in [0.25, 0.3) is 0 Å². The van der Waals surface area contributed by atoms with Crippen molar-refractivity contribution in [2.75, 3.05) is 26.3 Å². The molecule has 3 aromatic carbocycles. The minimum atomic E-state index is -1.18. The van der Waals surface area contributed by atoms with Gasteiger partial charge in [0.15, 0.2) is 34.8 Å². The molecule has 0 bridgehead atoms. The van der Waals surface area contributed by atoms with Crippen LogP contribution in [-0.4, -0.2) is 53.6 Å². The molecule has 0 radical (unpaired) electrons. The number of aliphatic hydroxyl groups is 2. The van der Waals surface area contributed by atoms with Gasteiger partial charge in [-0.3, -0.25) is 4.90 Å². The lowest BCUT2D eigenvalue weighted by molar-refractivity contribution is 0.0262. The van der Waals surface area contributed by atoms with Crippen LogP contribution < -0.4 is 9.47 Å². The number of halogens is 6. The summed E-state index contributed by atoms with van der Waals surface area (Å²) in [5, 5.41) is 21.0. The molecule has 0 saturated carbocycles. The predicted octanol–water partition coefficient (Wildman–Crippen LogP) is 5.45. The topological polar surface area (TPSA) is 62.2 Å². The highest BCUT2D eigenvalue weighted by atomic mass is 79.9. The van der Waals surface area contributed by atoms with Crippen LogP contribution in [0.15, 0.2) is 63.5 Å². The van der Waals surface area contributed by atoms with E-state index in [0.29, 0.717) is 6.54 Å². The Morgan fingerprint density at radius 1 is 0.694 bits per heavy atom. The summed E-state index contributed by atoms with van der Waals surface area (Å²) in [7, 11) is 0. The van der Waals surface area contributed by atoms with E-state index in [9.17, 15) is 27.8 Å². The van der Waals surface area contributed by atoms with Gasteiger partial charge in [0.1, 0.15) is 25.4 Å². The Morgan fingerprint density at radius 3 is 1.47 bits per heavy atom. The largest absolute Gasteiger partial charge is 0.485 e. The second-order valence-corrected chi connectivity index (χ2v) is 9.84. The predicted molar refractivity (Wildman–Crippen MR) is 133 cm³/mol. The SMILES string of the molecule is OC(COc1c(F)cc(Br)cc1F)CN(Cc1ccccc1)CC(O)COc1c(F)cc(Br)cc1F. The summed E-state index contributed by atoms with van der Waals surface area (Å²) >= 11 is 5.97. The number of benzene rings is 3. The number of nitrogens with zero attached hydrogens (tertiary/aromatic N) is 1. The zero-order valence-electron chi connectivity index (χ0n) is 18.8. The average Bonchev–Trinajstić information content (AvgIpc) is 2.78. The molecular formula is C25H23Br2F4NO4. The zero-order chi connectivity index (χ0) is 26.2. The smallest absolute Gasteiger partial charge is 0.190 e. The van der Waals surface area contributed by atoms with Crippen molar-refractivity contribution >= 4 is 31.9 Å². The fraction of sp³-hybridized carbons (Fsp3) is 0.280. The van der Waals surface area contributed by atoms with Gasteiger partial charge < -0.3 is 19.7 Å². The Hall–Kier alpha value is -2.18. The molecule has 2 atom stereocenters. The Morgan fingerprint density at radius 2 is 1.08 bits per heavy atom. The van der Waals surface area contributed by atoms with Gasteiger partial charge in [0.05, 0.1) is 0 Å². The maximum atomic E-state index is 14.0. The Bertz CT molecular complexity index is 1040. The molecule has 0 spiro atoms. The number of ether oxygens (including phenoxy) is 2. The van der Waals surface area contributed by atoms with Gasteiger partial charge in [-0.2, -0.15) is 0 Å². The third kappa shape index (κ3) is 8.45. The molecule has 0 saturated heterocycles. The molecular weight excluding hydrogens is 614 g/mol. The summed E-state index contributed by atoms with van der Waals surface area (Å²) in [6.45, 7) is -0.595. The molecule has 0 aliphatic rings. The van der Waals surface area contributed by atoms with Gasteiger partial charge in [-0.05, 0) is 29.8 Å². The van der Waals surface area contributed by atoms with Crippen molar-refractivity contribution in [3.8, 4) is 11.5 Å². The van der Waals surface area contributed by atoms with E-state index >= 15 is 0 Å². The lowest BCUT2D eigenvalue weighted by Gasteiger charge is -2.27. The molecule has 194 valence electrons. The van der Waals surface area contributed by atoms with Crippen LogP contribution in [0.4, 0.5) is 17.6 Å². The molecule has 5 nitrogen and oxygen atoms in total. The second kappa shape index (κ2) is 13.4. The monoisotopic (exact) mass is 635 g/mol. The molecule has 0 amide bonds. The van der Waals surface area contributed by atoms with Crippen molar-refractivity contribution in [2.24, 2.45) is 0 Å². The molecule has 2 N–H and O–H groups in total. The Balaban J connectivity index is 1.62. The van der Waals surface area contributed by atoms with Crippen LogP contribution in [0.3, 0.4) is 0 Å². The lowest BCUT2D eigenvalue weighted by Crippen LogP contribution is -2.41. The summed E-state index contributed by atoms with van der Waals surface area (Å²) in [6.07, 6.45) is -2.35. The van der Waals surface area contributed by atoms with Crippen LogP contribution in [0.5, 0.6) is 11.5 Å². The molecule has 11 heteroatoms. The first kappa shape index (κ1) is 28.4. The van der Waals surface area contributed by atoms with E-state index in [0.717, 1.165) is 29.8 Å². The van der Waals surface area contributed by atoms with Crippen molar-refractivity contribution in [3.05, 3.63) is 92.4 Å². The average molecular weight is 637 g/mol. The van der Waals surface area contributed by atoms with Crippen LogP contribution in [-0.2, 0) is 6.54 Å². The zero-order valence-corrected chi connectivity index (χ0v) is 22.0. The maximum Gasteiger partial charge on any atom is 0.190 e. The highest BCUT2D eigenvalue weighted by Gasteiger charge is 2.20. The minimum Gasteiger partial charge on any atom is -0.485 e. The van der Waals surface area contributed by atoms with Gasteiger partial charge in [-0.25, -0.2) is 17.6 Å². The normalized spacial score (nSPS) is 13.0. The molecule has 0 aromatic heterocycles. The van der Waals surface area contributed by atoms with Crippen molar-refractivity contribution in [3.63, 3.8) is 0 Å². The number of hydrogen-bond donors (Lipinski definition) is 2. The van der Waals surface area contributed by atoms with E-state index < -0.39 is 60.2 Å². The quantitative estimate of drug-likeness (QED) is 0.259. The van der Waals surface area contributed by atoms with Crippen molar-refractivity contribution in [1.29, 1.82) is 0 Å². The van der Waals surface area contributed by atoms with Gasteiger partial charge in [-0.15, -0.1) is 0 Å². The van der Waals surface area contributed by atoms with E-state index in [1.807, 2.05) is 30.3 Å². The third-order valence-electron chi connectivity index (χ3n) is 4.95. The summed E-state index contributed by atoms with van der Waals surface area (Å²) in [4.78, 5) is 1.67. The molecule has 3 aromatic rings. The van der Waals surface area contributed by atoms with Crippen molar-refractivity contribution in [2.45, 2.75) is 18.8 Å². The van der Waals surface area contributed by atoms with Crippen LogP contribution in [0.1, 0.15) is 5.56 Å². The number of rotatable bonds is 12. The summed E-state index contributed by atoms with van der Waals surface area (Å²) in [5.74, 6) is -4.91. The summed E-state index contributed by atoms with van der Waals surface area (Å²) in [6, 6.07) is 13.3. The van der Waals surface area contributed by atoms with Crippen molar-refractivity contribution in [1.82, 2.24) is 4.90 Å². The summed E-state index contributed by atoms with van der Waals surface area (Å²) < 4.78 is 66.7. The van der Waals surface area contributed by atoms with Crippen LogP contribution >= 0.6 is 31.9 Å². The van der Waals surface area contributed by atoms with Gasteiger partial charge >= 0.3 is 0 Å². The first-order valence-electron chi connectivity index (χ1n) is 10.8. The van der Waals surface area contributed by atoms with Gasteiger partial charge in [0.2, 0.25) is 0 Å². The minimum absolute atomic E-state index is 0.0350. The van der Waals surface area contributed by atoms with Gasteiger partial charge in [0, 0.05) is 28.6 Å². The third-order valence-corrected chi connectivity index (χ3v) is 5.87. The van der Waals surface area contributed by atoms with Crippen LogP contribution in [0.25, 0.3) is 0 Å². The highest BCUT2D eigenvalue weighted by Crippen LogP contribution is 2.27. The van der Waals surface area contributed by atoms with E-state index in [-0.39, 0.29) is 22.0 Å². The Kier molecular flexibility index (Phi) is 10.6. The number of hydrogen-bond acceptors (Lipinski definition) is 5. The standard InChI is InChI=1S/C25H23Br2F4NO4/c26-16-6-20(28)24(21(29)7-16)35-13-18(33)11-32(10-15-4-2-1-3-5-15)12-19(34)14-36-25-22(30)8-17(27)9-23(25)31/h1-9,18-19,33-34H,10-14H2. The van der Waals surface area contributed by atoms with E-state index in [2.05, 4.69) is 31.9 Å². The fourth-order valence-corrected chi connectivity index (χ4v) is 4.24. The molecule has 2 unspecified atom stereocenters. The van der Waals surface area contributed by atoms with Crippen molar-refractivity contribution < 1.29 is 37.2 Å². The van der Waals surface area contributed by atoms with Gasteiger partial charge in [-0.1, -0.05) is 62.2 Å². The molecule has 0 aliphatic heterocycles. The van der Waals surface area contributed by atoms with Crippen LogP contribution in [0.2, 0.25) is 0 Å². The van der Waals surface area contributed by atoms with E-state index in [4.69, 9.17) is 9.47 Å². The molecule has 0 aliphatic carbocycles. The molecule has 36 heavy (non-hydrogen) atoms. The Labute approximate surface area is 222 Å². The molecule has 3 rings (SSSR count). The highest BCUT2D eigenvalue weighted by molar-refractivity contribution is 9.10. The first-order chi connectivity index (χ1) is 17.1. The van der Waals surface area contributed by atoms with E-state index in [1.165, 1.54) is 0 Å². The van der Waals surface area contributed by atoms with Crippen LogP contribution in [0, 0.1) is 23.3 Å². The van der Waals surface area contributed by atoms with E-state index in [1.54, 1.807) is 4.90 Å². The second-order valence-electron chi connectivity index (χ2n) is 8.01. The number of aliphatic hydroxyl groups excluding tert-OH is 2.